The number of para-hydroxylation sites is 2. The quantitative estimate of drug-likeness (QED) is 0.834. The molecule has 0 saturated carbocycles. The lowest BCUT2D eigenvalue weighted by Crippen LogP contribution is -2.50. The molecule has 8 nitrogen and oxygen atoms in total. The molecule has 1 aromatic heterocycles. The van der Waals surface area contributed by atoms with Gasteiger partial charge in [0.05, 0.1) is 12.8 Å². The van der Waals surface area contributed by atoms with Crippen LogP contribution in [0, 0.1) is 0 Å². The Morgan fingerprint density at radius 3 is 2.43 bits per heavy atom. The van der Waals surface area contributed by atoms with Crippen molar-refractivity contribution in [2.24, 2.45) is 0 Å². The van der Waals surface area contributed by atoms with Crippen molar-refractivity contribution >= 4 is 23.4 Å². The number of methoxy groups -OCH3 is 1. The summed E-state index contributed by atoms with van der Waals surface area (Å²) >= 11 is 0. The van der Waals surface area contributed by atoms with E-state index in [1.165, 1.54) is 19.3 Å². The van der Waals surface area contributed by atoms with Crippen LogP contribution in [-0.4, -0.2) is 67.0 Å². The molecule has 30 heavy (non-hydrogen) atoms. The number of nitrogens with zero attached hydrogens (tertiary/aromatic N) is 5. The number of hydrogen-bond donors (Lipinski definition) is 1. The molecule has 0 spiro atoms. The summed E-state index contributed by atoms with van der Waals surface area (Å²) in [6.45, 7) is 6.03. The van der Waals surface area contributed by atoms with Crippen LogP contribution in [0.3, 0.4) is 0 Å². The predicted octanol–water partition coefficient (Wildman–Crippen LogP) is 3.22. The van der Waals surface area contributed by atoms with E-state index in [9.17, 15) is 4.79 Å². The van der Waals surface area contributed by atoms with Crippen molar-refractivity contribution in [2.75, 3.05) is 55.0 Å². The monoisotopic (exact) mass is 410 g/mol. The van der Waals surface area contributed by atoms with Gasteiger partial charge in [-0.25, -0.2) is 4.79 Å². The van der Waals surface area contributed by atoms with Gasteiger partial charge >= 0.3 is 6.03 Å². The molecule has 0 bridgehead atoms. The van der Waals surface area contributed by atoms with Gasteiger partial charge in [0.25, 0.3) is 0 Å². The number of carbonyl (C=O) groups is 1. The third-order valence-electron chi connectivity index (χ3n) is 5.97. The second-order valence-electron chi connectivity index (χ2n) is 7.89. The SMILES string of the molecule is COc1ccccc1NC(=O)N1CCN(c2ccc(N3CCCCC3C)nn2)CC1. The zero-order valence-corrected chi connectivity index (χ0v) is 17.8. The average Bonchev–Trinajstić information content (AvgIpc) is 2.80. The molecule has 160 valence electrons. The molecule has 1 unspecified atom stereocenters. The van der Waals surface area contributed by atoms with E-state index in [-0.39, 0.29) is 6.03 Å². The number of nitrogens with one attached hydrogen (secondary N) is 1. The van der Waals surface area contributed by atoms with Gasteiger partial charge < -0.3 is 24.8 Å². The molecule has 8 heteroatoms. The number of ether oxygens (including phenoxy) is 1. The number of rotatable bonds is 4. The fourth-order valence-corrected chi connectivity index (χ4v) is 4.16. The maximum atomic E-state index is 12.6. The van der Waals surface area contributed by atoms with Gasteiger partial charge in [0.2, 0.25) is 0 Å². The molecular weight excluding hydrogens is 380 g/mol. The maximum absolute atomic E-state index is 12.6. The minimum absolute atomic E-state index is 0.111. The van der Waals surface area contributed by atoms with Gasteiger partial charge in [-0.05, 0) is 50.5 Å². The normalized spacial score (nSPS) is 19.5. The Morgan fingerprint density at radius 1 is 1.00 bits per heavy atom. The maximum Gasteiger partial charge on any atom is 0.322 e. The van der Waals surface area contributed by atoms with Crippen molar-refractivity contribution in [1.29, 1.82) is 0 Å². The van der Waals surface area contributed by atoms with E-state index in [1.54, 1.807) is 7.11 Å². The molecular formula is C22H30N6O2. The number of amides is 2. The average molecular weight is 411 g/mol. The summed E-state index contributed by atoms with van der Waals surface area (Å²) in [7, 11) is 1.60. The van der Waals surface area contributed by atoms with Crippen LogP contribution in [0.2, 0.25) is 0 Å². The van der Waals surface area contributed by atoms with Crippen LogP contribution in [0.15, 0.2) is 36.4 Å². The first-order valence-corrected chi connectivity index (χ1v) is 10.7. The Kier molecular flexibility index (Phi) is 6.21. The molecule has 1 atom stereocenters. The Labute approximate surface area is 177 Å². The molecule has 2 saturated heterocycles. The molecule has 2 aromatic rings. The molecule has 4 rings (SSSR count). The first-order chi connectivity index (χ1) is 14.7. The lowest BCUT2D eigenvalue weighted by molar-refractivity contribution is 0.208. The van der Waals surface area contributed by atoms with E-state index in [1.807, 2.05) is 35.2 Å². The van der Waals surface area contributed by atoms with Gasteiger partial charge in [0, 0.05) is 38.8 Å². The predicted molar refractivity (Wildman–Crippen MR) is 118 cm³/mol. The summed E-state index contributed by atoms with van der Waals surface area (Å²) < 4.78 is 5.31. The number of benzene rings is 1. The number of piperazine rings is 1. The minimum atomic E-state index is -0.111. The number of anilines is 3. The van der Waals surface area contributed by atoms with Crippen LogP contribution >= 0.6 is 0 Å². The number of urea groups is 1. The van der Waals surface area contributed by atoms with Crippen LogP contribution in [0.1, 0.15) is 26.2 Å². The van der Waals surface area contributed by atoms with E-state index in [2.05, 4.69) is 38.3 Å². The fourth-order valence-electron chi connectivity index (χ4n) is 4.16. The lowest BCUT2D eigenvalue weighted by atomic mass is 10.0. The molecule has 3 heterocycles. The number of aromatic nitrogens is 2. The topological polar surface area (TPSA) is 73.8 Å². The van der Waals surface area contributed by atoms with Crippen molar-refractivity contribution in [3.8, 4) is 5.75 Å². The van der Waals surface area contributed by atoms with Crippen LogP contribution in [0.5, 0.6) is 5.75 Å². The van der Waals surface area contributed by atoms with E-state index >= 15 is 0 Å². The highest BCUT2D eigenvalue weighted by molar-refractivity contribution is 5.91. The molecule has 1 N–H and O–H groups in total. The summed E-state index contributed by atoms with van der Waals surface area (Å²) in [4.78, 5) is 19.0. The van der Waals surface area contributed by atoms with Crippen molar-refractivity contribution in [3.05, 3.63) is 36.4 Å². The Balaban J connectivity index is 1.32. The molecule has 1 aromatic carbocycles. The van der Waals surface area contributed by atoms with Crippen molar-refractivity contribution in [1.82, 2.24) is 15.1 Å². The highest BCUT2D eigenvalue weighted by Gasteiger charge is 2.24. The number of carbonyl (C=O) groups excluding carboxylic acids is 1. The summed E-state index contributed by atoms with van der Waals surface area (Å²) in [6, 6.07) is 12.0. The first-order valence-electron chi connectivity index (χ1n) is 10.7. The highest BCUT2D eigenvalue weighted by atomic mass is 16.5. The van der Waals surface area contributed by atoms with Crippen molar-refractivity contribution in [3.63, 3.8) is 0 Å². The zero-order valence-electron chi connectivity index (χ0n) is 17.8. The van der Waals surface area contributed by atoms with Gasteiger partial charge in [-0.15, -0.1) is 10.2 Å². The summed E-state index contributed by atoms with van der Waals surface area (Å²) in [5.41, 5.74) is 0.681. The molecule has 2 amide bonds. The van der Waals surface area contributed by atoms with Gasteiger partial charge in [0.15, 0.2) is 11.6 Å². The van der Waals surface area contributed by atoms with E-state index < -0.39 is 0 Å². The van der Waals surface area contributed by atoms with Crippen molar-refractivity contribution < 1.29 is 9.53 Å². The summed E-state index contributed by atoms with van der Waals surface area (Å²) in [5.74, 6) is 2.48. The van der Waals surface area contributed by atoms with Gasteiger partial charge in [-0.2, -0.15) is 0 Å². The van der Waals surface area contributed by atoms with Crippen LogP contribution in [0.4, 0.5) is 22.1 Å². The standard InChI is InChI=1S/C22H30N6O2/c1-17-7-5-6-12-28(17)21-11-10-20(24-25-21)26-13-15-27(16-14-26)22(29)23-18-8-3-4-9-19(18)30-2/h3-4,8-11,17H,5-7,12-16H2,1-2H3,(H,23,29). The Bertz CT molecular complexity index is 851. The second kappa shape index (κ2) is 9.19. The molecule has 2 aliphatic heterocycles. The second-order valence-corrected chi connectivity index (χ2v) is 7.89. The third kappa shape index (κ3) is 4.42. The van der Waals surface area contributed by atoms with Gasteiger partial charge in [-0.3, -0.25) is 0 Å². The van der Waals surface area contributed by atoms with Crippen LogP contribution < -0.4 is 19.9 Å². The summed E-state index contributed by atoms with van der Waals surface area (Å²) in [5, 5.41) is 11.9. The molecule has 0 radical (unpaired) electrons. The fraction of sp³-hybridized carbons (Fsp3) is 0.500. The number of hydrogen-bond acceptors (Lipinski definition) is 6. The van der Waals surface area contributed by atoms with E-state index in [4.69, 9.17) is 4.74 Å². The van der Waals surface area contributed by atoms with E-state index in [0.29, 0.717) is 30.6 Å². The Hall–Kier alpha value is -3.03. The van der Waals surface area contributed by atoms with E-state index in [0.717, 1.165) is 31.3 Å². The molecule has 0 aliphatic carbocycles. The highest BCUT2D eigenvalue weighted by Crippen LogP contribution is 2.25. The third-order valence-corrected chi connectivity index (χ3v) is 5.97. The van der Waals surface area contributed by atoms with Gasteiger partial charge in [-0.1, -0.05) is 12.1 Å². The zero-order chi connectivity index (χ0) is 20.9. The van der Waals surface area contributed by atoms with Crippen LogP contribution in [0.25, 0.3) is 0 Å². The van der Waals surface area contributed by atoms with Gasteiger partial charge in [0.1, 0.15) is 5.75 Å². The smallest absolute Gasteiger partial charge is 0.322 e. The molecule has 2 fully saturated rings. The Morgan fingerprint density at radius 2 is 1.73 bits per heavy atom. The lowest BCUT2D eigenvalue weighted by Gasteiger charge is -2.36. The number of piperidine rings is 1. The largest absolute Gasteiger partial charge is 0.495 e. The first kappa shape index (κ1) is 20.3. The molecule has 2 aliphatic rings. The van der Waals surface area contributed by atoms with Crippen molar-refractivity contribution in [2.45, 2.75) is 32.2 Å². The minimum Gasteiger partial charge on any atom is -0.495 e. The van der Waals surface area contributed by atoms with Crippen LogP contribution in [-0.2, 0) is 0 Å². The summed E-state index contributed by atoms with van der Waals surface area (Å²) in [6.07, 6.45) is 3.72.